The van der Waals surface area contributed by atoms with Crippen LogP contribution in [0.15, 0.2) is 24.4 Å². The minimum Gasteiger partial charge on any atom is -0.508 e. The van der Waals surface area contributed by atoms with Crippen molar-refractivity contribution in [2.24, 2.45) is 5.73 Å². The molecule has 6 heteroatoms. The maximum atomic E-state index is 11.8. The molecular weight excluding hydrogens is 246 g/mol. The van der Waals surface area contributed by atoms with Crippen molar-refractivity contribution in [2.75, 3.05) is 0 Å². The maximum absolute atomic E-state index is 11.8. The molecule has 1 unspecified atom stereocenters. The number of nitrogens with one attached hydrogen (secondary N) is 2. The predicted molar refractivity (Wildman–Crippen MR) is 70.5 cm³/mol. The molecule has 19 heavy (non-hydrogen) atoms. The largest absolute Gasteiger partial charge is 0.508 e. The smallest absolute Gasteiger partial charge is 0.239 e. The summed E-state index contributed by atoms with van der Waals surface area (Å²) in [5, 5.41) is 12.7. The van der Waals surface area contributed by atoms with Crippen LogP contribution in [0.5, 0.6) is 5.75 Å². The average molecular weight is 261 g/mol. The van der Waals surface area contributed by atoms with Gasteiger partial charge >= 0.3 is 0 Å². The molecular formula is C13H15N3O3. The lowest BCUT2D eigenvalue weighted by Gasteiger charge is -2.09. The molecule has 2 amide bonds. The Morgan fingerprint density at radius 1 is 1.47 bits per heavy atom. The van der Waals surface area contributed by atoms with Crippen LogP contribution in [0.25, 0.3) is 10.9 Å². The van der Waals surface area contributed by atoms with Gasteiger partial charge in [0.2, 0.25) is 11.8 Å². The summed E-state index contributed by atoms with van der Waals surface area (Å²) in [6.45, 7) is 1.53. The van der Waals surface area contributed by atoms with Crippen molar-refractivity contribution in [1.29, 1.82) is 0 Å². The number of aromatic nitrogens is 1. The zero-order valence-electron chi connectivity index (χ0n) is 10.4. The molecule has 1 atom stereocenters. The lowest BCUT2D eigenvalue weighted by atomic mass is 10.1. The van der Waals surface area contributed by atoms with E-state index in [1.165, 1.54) is 6.92 Å². The Balaban J connectivity index is 2.15. The monoisotopic (exact) mass is 261 g/mol. The molecule has 1 heterocycles. The fourth-order valence-corrected chi connectivity index (χ4v) is 1.85. The third kappa shape index (κ3) is 2.85. The second-order valence-electron chi connectivity index (χ2n) is 4.41. The number of aromatic hydroxyl groups is 1. The molecule has 1 aromatic carbocycles. The Morgan fingerprint density at radius 3 is 2.89 bits per heavy atom. The van der Waals surface area contributed by atoms with Gasteiger partial charge in [0.1, 0.15) is 11.8 Å². The number of aromatic amines is 1. The Bertz CT molecular complexity index is 633. The highest BCUT2D eigenvalue weighted by Gasteiger charge is 2.14. The van der Waals surface area contributed by atoms with Crippen LogP contribution < -0.4 is 11.1 Å². The van der Waals surface area contributed by atoms with Crippen molar-refractivity contribution >= 4 is 22.7 Å². The Hall–Kier alpha value is -2.50. The van der Waals surface area contributed by atoms with Gasteiger partial charge in [0.15, 0.2) is 0 Å². The topological polar surface area (TPSA) is 108 Å². The van der Waals surface area contributed by atoms with Gasteiger partial charge in [-0.05, 0) is 30.7 Å². The Kier molecular flexibility index (Phi) is 3.41. The number of rotatable bonds is 4. The van der Waals surface area contributed by atoms with E-state index in [0.29, 0.717) is 0 Å². The Morgan fingerprint density at radius 2 is 2.21 bits per heavy atom. The maximum Gasteiger partial charge on any atom is 0.239 e. The zero-order chi connectivity index (χ0) is 14.0. The number of fused-ring (bicyclic) bond motifs is 1. The number of hydrogen-bond acceptors (Lipinski definition) is 3. The normalized spacial score (nSPS) is 12.3. The standard InChI is InChI=1S/C13H15N3O3/c1-7(13(14)19)16-12(18)4-8-6-15-11-3-2-9(17)5-10(8)11/h2-3,5-7,15,17H,4H2,1H3,(H2,14,19)(H,16,18). The van der Waals surface area contributed by atoms with Crippen molar-refractivity contribution < 1.29 is 14.7 Å². The van der Waals surface area contributed by atoms with Gasteiger partial charge in [0.05, 0.1) is 6.42 Å². The third-order valence-electron chi connectivity index (χ3n) is 2.91. The van der Waals surface area contributed by atoms with Crippen LogP contribution in [0, 0.1) is 0 Å². The van der Waals surface area contributed by atoms with E-state index in [4.69, 9.17) is 5.73 Å². The molecule has 6 nitrogen and oxygen atoms in total. The number of phenolic OH excluding ortho intramolecular Hbond substituents is 1. The highest BCUT2D eigenvalue weighted by molar-refractivity contribution is 5.91. The number of primary amides is 1. The molecule has 0 bridgehead atoms. The van der Waals surface area contributed by atoms with Gasteiger partial charge in [0, 0.05) is 17.1 Å². The minimum absolute atomic E-state index is 0.112. The first-order valence-electron chi connectivity index (χ1n) is 5.85. The molecule has 0 aliphatic carbocycles. The van der Waals surface area contributed by atoms with E-state index in [2.05, 4.69) is 10.3 Å². The van der Waals surface area contributed by atoms with Crippen molar-refractivity contribution in [3.8, 4) is 5.75 Å². The summed E-state index contributed by atoms with van der Waals surface area (Å²) in [4.78, 5) is 25.6. The molecule has 0 fully saturated rings. The molecule has 2 aromatic rings. The van der Waals surface area contributed by atoms with E-state index in [-0.39, 0.29) is 18.1 Å². The summed E-state index contributed by atoms with van der Waals surface area (Å²) in [7, 11) is 0. The number of hydrogen-bond donors (Lipinski definition) is 4. The first kappa shape index (κ1) is 12.9. The molecule has 2 rings (SSSR count). The van der Waals surface area contributed by atoms with Gasteiger partial charge in [-0.3, -0.25) is 9.59 Å². The van der Waals surface area contributed by atoms with Gasteiger partial charge in [-0.15, -0.1) is 0 Å². The van der Waals surface area contributed by atoms with E-state index in [9.17, 15) is 14.7 Å². The predicted octanol–water partition coefficient (Wildman–Crippen LogP) is 0.406. The van der Waals surface area contributed by atoms with E-state index in [1.807, 2.05) is 0 Å². The number of phenols is 1. The molecule has 0 radical (unpaired) electrons. The van der Waals surface area contributed by atoms with Gasteiger partial charge < -0.3 is 21.1 Å². The number of H-pyrrole nitrogens is 1. The van der Waals surface area contributed by atoms with Crippen LogP contribution in [0.4, 0.5) is 0 Å². The lowest BCUT2D eigenvalue weighted by Crippen LogP contribution is -2.42. The van der Waals surface area contributed by atoms with Crippen LogP contribution in [-0.2, 0) is 16.0 Å². The summed E-state index contributed by atoms with van der Waals surface area (Å²) in [5.41, 5.74) is 6.66. The van der Waals surface area contributed by atoms with E-state index >= 15 is 0 Å². The first-order valence-corrected chi connectivity index (χ1v) is 5.85. The summed E-state index contributed by atoms with van der Waals surface area (Å²) < 4.78 is 0. The molecule has 0 saturated carbocycles. The molecule has 100 valence electrons. The molecule has 1 aromatic heterocycles. The van der Waals surface area contributed by atoms with E-state index in [1.54, 1.807) is 24.4 Å². The van der Waals surface area contributed by atoms with Gasteiger partial charge in [-0.2, -0.15) is 0 Å². The number of nitrogens with two attached hydrogens (primary N) is 1. The van der Waals surface area contributed by atoms with Crippen LogP contribution in [0.3, 0.4) is 0 Å². The van der Waals surface area contributed by atoms with Crippen LogP contribution in [0.2, 0.25) is 0 Å². The fraction of sp³-hybridized carbons (Fsp3) is 0.231. The fourth-order valence-electron chi connectivity index (χ4n) is 1.85. The summed E-state index contributed by atoms with van der Waals surface area (Å²) in [5.74, 6) is -0.736. The van der Waals surface area contributed by atoms with Crippen LogP contribution in [0.1, 0.15) is 12.5 Å². The van der Waals surface area contributed by atoms with Crippen molar-refractivity contribution in [2.45, 2.75) is 19.4 Å². The quantitative estimate of drug-likeness (QED) is 0.640. The molecule has 0 aliphatic rings. The summed E-state index contributed by atoms with van der Waals surface area (Å²) in [6, 6.07) is 4.19. The van der Waals surface area contributed by atoms with Crippen molar-refractivity contribution in [3.05, 3.63) is 30.0 Å². The molecule has 5 N–H and O–H groups in total. The second-order valence-corrected chi connectivity index (χ2v) is 4.41. The van der Waals surface area contributed by atoms with Crippen LogP contribution >= 0.6 is 0 Å². The van der Waals surface area contributed by atoms with Gasteiger partial charge in [-0.1, -0.05) is 0 Å². The molecule has 0 saturated heterocycles. The average Bonchev–Trinajstić information content (AvgIpc) is 2.71. The number of amides is 2. The van der Waals surface area contributed by atoms with Crippen molar-refractivity contribution in [3.63, 3.8) is 0 Å². The molecule has 0 aliphatic heterocycles. The summed E-state index contributed by atoms with van der Waals surface area (Å²) >= 11 is 0. The van der Waals surface area contributed by atoms with E-state index in [0.717, 1.165) is 16.5 Å². The van der Waals surface area contributed by atoms with Crippen LogP contribution in [-0.4, -0.2) is 27.9 Å². The zero-order valence-corrected chi connectivity index (χ0v) is 10.4. The number of benzene rings is 1. The lowest BCUT2D eigenvalue weighted by molar-refractivity contribution is -0.126. The molecule has 0 spiro atoms. The first-order chi connectivity index (χ1) is 8.97. The third-order valence-corrected chi connectivity index (χ3v) is 2.91. The second kappa shape index (κ2) is 5.01. The number of carbonyl (C=O) groups is 2. The minimum atomic E-state index is -0.703. The van der Waals surface area contributed by atoms with Gasteiger partial charge in [0.25, 0.3) is 0 Å². The summed E-state index contributed by atoms with van der Waals surface area (Å²) in [6.07, 6.45) is 1.82. The Labute approximate surface area is 109 Å². The van der Waals surface area contributed by atoms with Gasteiger partial charge in [-0.25, -0.2) is 0 Å². The highest BCUT2D eigenvalue weighted by atomic mass is 16.3. The van der Waals surface area contributed by atoms with Crippen molar-refractivity contribution in [1.82, 2.24) is 10.3 Å². The highest BCUT2D eigenvalue weighted by Crippen LogP contribution is 2.23. The number of carbonyl (C=O) groups excluding carboxylic acids is 2. The SMILES string of the molecule is CC(NC(=O)Cc1c[nH]c2ccc(O)cc12)C(N)=O. The van der Waals surface area contributed by atoms with E-state index < -0.39 is 11.9 Å².